The number of hydrogen-bond acceptors (Lipinski definition) is 7. The number of fused-ring (bicyclic) bond motifs is 1. The summed E-state index contributed by atoms with van der Waals surface area (Å²) in [5, 5.41) is 2.26. The van der Waals surface area contributed by atoms with Gasteiger partial charge < -0.3 is 15.2 Å². The van der Waals surface area contributed by atoms with Crippen molar-refractivity contribution in [3.8, 4) is 0 Å². The number of likely N-dealkylation sites (N-methyl/N-ethyl adjacent to an activating group) is 1. The quantitative estimate of drug-likeness (QED) is 0.227. The fourth-order valence-electron chi connectivity index (χ4n) is 2.07. The van der Waals surface area contributed by atoms with Crippen LogP contribution in [-0.4, -0.2) is 47.8 Å². The van der Waals surface area contributed by atoms with Crippen LogP contribution in [0.5, 0.6) is 0 Å². The third-order valence-electron chi connectivity index (χ3n) is 2.99. The van der Waals surface area contributed by atoms with Crippen LogP contribution in [0.2, 0.25) is 0 Å². The van der Waals surface area contributed by atoms with Gasteiger partial charge in [0.25, 0.3) is 0 Å². The molecule has 1 unspecified atom stereocenters. The number of ketones is 1. The maximum Gasteiger partial charge on any atom is 1.00 e. The number of primary amides is 1. The first-order chi connectivity index (χ1) is 9.20. The SMILES string of the molecule is CN1C2=CC(=O)/C(=N/NC(N)=O)C=C2CC1S(=O)(=O)[O-].[Na+]. The van der Waals surface area contributed by atoms with Crippen molar-refractivity contribution in [2.24, 2.45) is 10.8 Å². The Morgan fingerprint density at radius 3 is 2.67 bits per heavy atom. The average Bonchev–Trinajstić information content (AvgIpc) is 2.63. The molecule has 0 bridgehead atoms. The Morgan fingerprint density at radius 1 is 1.52 bits per heavy atom. The Bertz CT molecular complexity index is 682. The fraction of sp³-hybridized carbons (Fsp3) is 0.300. The Labute approximate surface area is 143 Å². The average molecular weight is 322 g/mol. The standard InChI is InChI=1S/C10H12N4O5S.Na/c1-14-7-4-8(15)6(12-13-10(11)16)2-5(7)3-9(14)20(17,18)19;/h2,4,9H,3H2,1H3,(H3,11,13,16)(H,17,18,19);/q;+1/p-1/b12-6+;. The number of nitrogens with two attached hydrogens (primary N) is 1. The molecule has 1 fully saturated rings. The van der Waals surface area contributed by atoms with Crippen LogP contribution in [0.3, 0.4) is 0 Å². The molecular weight excluding hydrogens is 311 g/mol. The molecule has 0 aromatic rings. The van der Waals surface area contributed by atoms with Gasteiger partial charge in [-0.15, -0.1) is 0 Å². The summed E-state index contributed by atoms with van der Waals surface area (Å²) in [6, 6.07) is -0.929. The largest absolute Gasteiger partial charge is 1.00 e. The molecule has 1 aliphatic heterocycles. The second-order valence-electron chi connectivity index (χ2n) is 4.30. The molecule has 1 saturated heterocycles. The van der Waals surface area contributed by atoms with Crippen LogP contribution in [0.25, 0.3) is 0 Å². The van der Waals surface area contributed by atoms with E-state index in [1.54, 1.807) is 0 Å². The summed E-state index contributed by atoms with van der Waals surface area (Å²) >= 11 is 0. The second kappa shape index (κ2) is 6.28. The van der Waals surface area contributed by atoms with Crippen LogP contribution in [0.4, 0.5) is 4.79 Å². The van der Waals surface area contributed by atoms with Gasteiger partial charge in [0.2, 0.25) is 5.78 Å². The van der Waals surface area contributed by atoms with Gasteiger partial charge in [-0.25, -0.2) is 18.6 Å². The molecular formula is C10H11N4NaO5S. The smallest absolute Gasteiger partial charge is 0.746 e. The number of urea groups is 1. The van der Waals surface area contributed by atoms with Crippen molar-refractivity contribution in [1.82, 2.24) is 10.3 Å². The summed E-state index contributed by atoms with van der Waals surface area (Å²) < 4.78 is 33.4. The van der Waals surface area contributed by atoms with E-state index in [0.717, 1.165) is 0 Å². The molecule has 2 rings (SSSR count). The third kappa shape index (κ3) is 3.71. The van der Waals surface area contributed by atoms with E-state index in [-0.39, 0.29) is 41.7 Å². The van der Waals surface area contributed by atoms with E-state index in [1.807, 2.05) is 5.43 Å². The number of carbonyl (C=O) groups excluding carboxylic acids is 2. The zero-order valence-electron chi connectivity index (χ0n) is 11.4. The van der Waals surface area contributed by atoms with Crippen molar-refractivity contribution in [2.75, 3.05) is 7.05 Å². The van der Waals surface area contributed by atoms with E-state index in [9.17, 15) is 22.6 Å². The Kier molecular flexibility index (Phi) is 5.34. The van der Waals surface area contributed by atoms with E-state index in [1.165, 1.54) is 24.1 Å². The van der Waals surface area contributed by atoms with Crippen molar-refractivity contribution < 1.29 is 52.1 Å². The van der Waals surface area contributed by atoms with Gasteiger partial charge >= 0.3 is 35.6 Å². The third-order valence-corrected chi connectivity index (χ3v) is 4.14. The number of hydrazone groups is 1. The number of rotatable bonds is 2. The summed E-state index contributed by atoms with van der Waals surface area (Å²) in [6.07, 6.45) is 2.45. The van der Waals surface area contributed by atoms with E-state index in [2.05, 4.69) is 5.10 Å². The fourth-order valence-corrected chi connectivity index (χ4v) is 2.96. The van der Waals surface area contributed by atoms with Crippen molar-refractivity contribution in [3.05, 3.63) is 23.4 Å². The molecule has 0 aromatic heterocycles. The predicted octanol–water partition coefficient (Wildman–Crippen LogP) is -4.39. The van der Waals surface area contributed by atoms with Crippen LogP contribution in [-0.2, 0) is 14.9 Å². The van der Waals surface area contributed by atoms with Gasteiger partial charge in [0.05, 0.1) is 0 Å². The Hall–Kier alpha value is -1.20. The van der Waals surface area contributed by atoms with Gasteiger partial charge in [0.1, 0.15) is 21.2 Å². The number of allylic oxidation sites excluding steroid dienone is 3. The molecule has 0 spiro atoms. The number of hydrogen-bond donors (Lipinski definition) is 2. The molecule has 21 heavy (non-hydrogen) atoms. The summed E-state index contributed by atoms with van der Waals surface area (Å²) in [5.74, 6) is -0.520. The predicted molar refractivity (Wildman–Crippen MR) is 67.2 cm³/mol. The van der Waals surface area contributed by atoms with Crippen molar-refractivity contribution in [2.45, 2.75) is 11.8 Å². The molecule has 1 atom stereocenters. The van der Waals surface area contributed by atoms with Crippen LogP contribution in [0, 0.1) is 0 Å². The first kappa shape index (κ1) is 17.9. The second-order valence-corrected chi connectivity index (χ2v) is 5.83. The zero-order valence-corrected chi connectivity index (χ0v) is 14.2. The topological polar surface area (TPSA) is 145 Å². The van der Waals surface area contributed by atoms with Crippen molar-refractivity contribution >= 4 is 27.6 Å². The van der Waals surface area contributed by atoms with Gasteiger partial charge in [0, 0.05) is 25.2 Å². The number of nitrogens with zero attached hydrogens (tertiary/aromatic N) is 2. The molecule has 3 N–H and O–H groups in total. The summed E-state index contributed by atoms with van der Waals surface area (Å²) in [4.78, 5) is 23.5. The zero-order chi connectivity index (χ0) is 15.1. The van der Waals surface area contributed by atoms with Crippen LogP contribution in [0.15, 0.2) is 28.5 Å². The number of nitrogens with one attached hydrogen (secondary N) is 1. The van der Waals surface area contributed by atoms with E-state index >= 15 is 0 Å². The van der Waals surface area contributed by atoms with Crippen LogP contribution in [0.1, 0.15) is 6.42 Å². The molecule has 2 aliphatic rings. The molecule has 0 saturated carbocycles. The Balaban J connectivity index is 0.00000220. The Morgan fingerprint density at radius 2 is 2.14 bits per heavy atom. The van der Waals surface area contributed by atoms with Gasteiger partial charge in [-0.3, -0.25) is 4.79 Å². The maximum absolute atomic E-state index is 11.8. The van der Waals surface area contributed by atoms with E-state index < -0.39 is 27.3 Å². The first-order valence-electron chi connectivity index (χ1n) is 5.48. The minimum absolute atomic E-state index is 0. The first-order valence-corrected chi connectivity index (χ1v) is 6.95. The van der Waals surface area contributed by atoms with Crippen LogP contribution < -0.4 is 40.7 Å². The minimum atomic E-state index is -4.52. The normalized spacial score (nSPS) is 23.1. The van der Waals surface area contributed by atoms with Crippen molar-refractivity contribution in [1.29, 1.82) is 0 Å². The van der Waals surface area contributed by atoms with Crippen LogP contribution >= 0.6 is 0 Å². The summed E-state index contributed by atoms with van der Waals surface area (Å²) in [7, 11) is -3.10. The molecule has 2 amide bonds. The monoisotopic (exact) mass is 322 g/mol. The van der Waals surface area contributed by atoms with Gasteiger partial charge in [0.15, 0.2) is 0 Å². The molecule has 1 aliphatic carbocycles. The van der Waals surface area contributed by atoms with Gasteiger partial charge in [-0.2, -0.15) is 5.10 Å². The van der Waals surface area contributed by atoms with Gasteiger partial charge in [-0.05, 0) is 11.6 Å². The molecule has 0 radical (unpaired) electrons. The van der Waals surface area contributed by atoms with Gasteiger partial charge in [-0.1, -0.05) is 0 Å². The number of carbonyl (C=O) groups is 2. The summed E-state index contributed by atoms with van der Waals surface area (Å²) in [5.41, 5.74) is 7.51. The number of amides is 2. The van der Waals surface area contributed by atoms with Crippen molar-refractivity contribution in [3.63, 3.8) is 0 Å². The molecule has 1 heterocycles. The van der Waals surface area contributed by atoms with E-state index in [0.29, 0.717) is 11.3 Å². The summed E-state index contributed by atoms with van der Waals surface area (Å²) in [6.45, 7) is 0. The number of likely N-dealkylation sites (tertiary alicyclic amines) is 1. The van der Waals surface area contributed by atoms with E-state index in [4.69, 9.17) is 5.73 Å². The maximum atomic E-state index is 11.8. The minimum Gasteiger partial charge on any atom is -0.746 e. The molecule has 108 valence electrons. The molecule has 0 aromatic carbocycles. The molecule has 9 nitrogen and oxygen atoms in total. The molecule has 11 heteroatoms.